The summed E-state index contributed by atoms with van der Waals surface area (Å²) in [6.45, 7) is 4.76. The molecule has 1 atom stereocenters. The number of para-hydroxylation sites is 1. The van der Waals surface area contributed by atoms with E-state index in [1.807, 2.05) is 47.3 Å². The number of hydrogen-bond donors (Lipinski definition) is 1. The lowest BCUT2D eigenvalue weighted by Crippen LogP contribution is -2.32. The van der Waals surface area contributed by atoms with E-state index >= 15 is 0 Å². The normalized spacial score (nSPS) is 12.3. The Kier molecular flexibility index (Phi) is 5.44. The smallest absolute Gasteiger partial charge is 0.119 e. The van der Waals surface area contributed by atoms with Gasteiger partial charge in [-0.25, -0.2) is 0 Å². The number of nitrogens with zero attached hydrogens (tertiary/aromatic N) is 2. The Labute approximate surface area is 114 Å². The Balaban J connectivity index is 1.54. The molecule has 0 spiro atoms. The van der Waals surface area contributed by atoms with E-state index in [0.717, 1.165) is 31.9 Å². The first kappa shape index (κ1) is 13.6. The standard InChI is InChI=1S/C15H21N3O/c1-14(13-18-11-5-10-17-18)16-9-6-12-19-15-7-3-2-4-8-15/h2-5,7-8,10-11,14,16H,6,9,12-13H2,1H3. The van der Waals surface area contributed by atoms with E-state index in [1.165, 1.54) is 0 Å². The van der Waals surface area contributed by atoms with Gasteiger partial charge in [-0.2, -0.15) is 5.10 Å². The minimum atomic E-state index is 0.414. The van der Waals surface area contributed by atoms with E-state index < -0.39 is 0 Å². The molecule has 1 aromatic heterocycles. The minimum absolute atomic E-state index is 0.414. The number of aromatic nitrogens is 2. The molecule has 0 radical (unpaired) electrons. The highest BCUT2D eigenvalue weighted by Gasteiger charge is 2.01. The van der Waals surface area contributed by atoms with Crippen LogP contribution in [0.1, 0.15) is 13.3 Å². The fraction of sp³-hybridized carbons (Fsp3) is 0.400. The number of hydrogen-bond acceptors (Lipinski definition) is 3. The van der Waals surface area contributed by atoms with E-state index in [4.69, 9.17) is 4.74 Å². The first-order valence-corrected chi connectivity index (χ1v) is 6.73. The van der Waals surface area contributed by atoms with Gasteiger partial charge in [0.2, 0.25) is 0 Å². The molecule has 0 saturated carbocycles. The van der Waals surface area contributed by atoms with Crippen molar-refractivity contribution in [3.8, 4) is 5.75 Å². The van der Waals surface area contributed by atoms with Gasteiger partial charge in [0.1, 0.15) is 5.75 Å². The van der Waals surface area contributed by atoms with Crippen LogP contribution in [0, 0.1) is 0 Å². The summed E-state index contributed by atoms with van der Waals surface area (Å²) in [5.74, 6) is 0.937. The van der Waals surface area contributed by atoms with Gasteiger partial charge in [-0.1, -0.05) is 18.2 Å². The predicted molar refractivity (Wildman–Crippen MR) is 76.2 cm³/mol. The van der Waals surface area contributed by atoms with E-state index in [9.17, 15) is 0 Å². The Bertz CT molecular complexity index is 442. The molecule has 2 rings (SSSR count). The minimum Gasteiger partial charge on any atom is -0.494 e. The first-order valence-electron chi connectivity index (χ1n) is 6.73. The second-order valence-electron chi connectivity index (χ2n) is 4.60. The molecule has 0 amide bonds. The van der Waals surface area contributed by atoms with Crippen LogP contribution >= 0.6 is 0 Å². The van der Waals surface area contributed by atoms with Gasteiger partial charge in [0.15, 0.2) is 0 Å². The SMILES string of the molecule is CC(Cn1cccn1)NCCCOc1ccccc1. The average molecular weight is 259 g/mol. The topological polar surface area (TPSA) is 39.1 Å². The summed E-state index contributed by atoms with van der Waals surface area (Å²) in [7, 11) is 0. The number of benzene rings is 1. The molecule has 0 bridgehead atoms. The summed E-state index contributed by atoms with van der Waals surface area (Å²) >= 11 is 0. The van der Waals surface area contributed by atoms with E-state index in [0.29, 0.717) is 6.04 Å². The lowest BCUT2D eigenvalue weighted by molar-refractivity contribution is 0.303. The molecule has 0 aliphatic heterocycles. The Morgan fingerprint density at radius 3 is 2.84 bits per heavy atom. The molecule has 2 aromatic rings. The molecule has 0 fully saturated rings. The summed E-state index contributed by atoms with van der Waals surface area (Å²) < 4.78 is 7.58. The number of nitrogens with one attached hydrogen (secondary N) is 1. The fourth-order valence-electron chi connectivity index (χ4n) is 1.88. The van der Waals surface area contributed by atoms with Gasteiger partial charge < -0.3 is 10.1 Å². The lowest BCUT2D eigenvalue weighted by Gasteiger charge is -2.14. The van der Waals surface area contributed by atoms with Crippen molar-refractivity contribution in [3.63, 3.8) is 0 Å². The Hall–Kier alpha value is -1.81. The molecule has 0 aliphatic rings. The summed E-state index contributed by atoms with van der Waals surface area (Å²) in [5.41, 5.74) is 0. The summed E-state index contributed by atoms with van der Waals surface area (Å²) in [6.07, 6.45) is 4.79. The van der Waals surface area contributed by atoms with Crippen molar-refractivity contribution in [1.82, 2.24) is 15.1 Å². The molecule has 19 heavy (non-hydrogen) atoms. The highest BCUT2D eigenvalue weighted by atomic mass is 16.5. The van der Waals surface area contributed by atoms with Crippen LogP contribution in [-0.2, 0) is 6.54 Å². The third kappa shape index (κ3) is 5.14. The molecule has 1 aromatic carbocycles. The van der Waals surface area contributed by atoms with Crippen molar-refractivity contribution in [2.24, 2.45) is 0 Å². The third-order valence-corrected chi connectivity index (χ3v) is 2.85. The van der Waals surface area contributed by atoms with Crippen molar-refractivity contribution in [2.45, 2.75) is 25.9 Å². The largest absolute Gasteiger partial charge is 0.494 e. The van der Waals surface area contributed by atoms with Gasteiger partial charge in [-0.05, 0) is 38.1 Å². The van der Waals surface area contributed by atoms with Crippen LogP contribution in [-0.4, -0.2) is 29.0 Å². The highest BCUT2D eigenvalue weighted by Crippen LogP contribution is 2.08. The molecular weight excluding hydrogens is 238 g/mol. The van der Waals surface area contributed by atoms with Crippen LogP contribution in [0.5, 0.6) is 5.75 Å². The summed E-state index contributed by atoms with van der Waals surface area (Å²) in [6, 6.07) is 12.3. The van der Waals surface area contributed by atoms with Crippen molar-refractivity contribution in [1.29, 1.82) is 0 Å². The van der Waals surface area contributed by atoms with Crippen molar-refractivity contribution < 1.29 is 4.74 Å². The maximum atomic E-state index is 5.64. The van der Waals surface area contributed by atoms with Crippen LogP contribution in [0.4, 0.5) is 0 Å². The molecular formula is C15H21N3O. The molecule has 0 aliphatic carbocycles. The average Bonchev–Trinajstić information content (AvgIpc) is 2.92. The first-order chi connectivity index (χ1) is 9.34. The molecule has 1 unspecified atom stereocenters. The monoisotopic (exact) mass is 259 g/mol. The molecule has 1 N–H and O–H groups in total. The van der Waals surface area contributed by atoms with Gasteiger partial charge >= 0.3 is 0 Å². The van der Waals surface area contributed by atoms with Gasteiger partial charge in [-0.15, -0.1) is 0 Å². The maximum Gasteiger partial charge on any atom is 0.119 e. The maximum absolute atomic E-state index is 5.64. The summed E-state index contributed by atoms with van der Waals surface area (Å²) in [5, 5.41) is 7.66. The lowest BCUT2D eigenvalue weighted by atomic mass is 10.3. The van der Waals surface area contributed by atoms with Crippen LogP contribution in [0.15, 0.2) is 48.8 Å². The van der Waals surface area contributed by atoms with Crippen molar-refractivity contribution >= 4 is 0 Å². The zero-order chi connectivity index (χ0) is 13.3. The van der Waals surface area contributed by atoms with E-state index in [1.54, 1.807) is 6.20 Å². The second-order valence-corrected chi connectivity index (χ2v) is 4.60. The second kappa shape index (κ2) is 7.59. The zero-order valence-electron chi connectivity index (χ0n) is 11.3. The van der Waals surface area contributed by atoms with Gasteiger partial charge in [0, 0.05) is 18.4 Å². The van der Waals surface area contributed by atoms with Gasteiger partial charge in [0.05, 0.1) is 13.2 Å². The third-order valence-electron chi connectivity index (χ3n) is 2.85. The Morgan fingerprint density at radius 1 is 1.26 bits per heavy atom. The molecule has 4 nitrogen and oxygen atoms in total. The fourth-order valence-corrected chi connectivity index (χ4v) is 1.88. The van der Waals surface area contributed by atoms with E-state index in [-0.39, 0.29) is 0 Å². The number of ether oxygens (including phenoxy) is 1. The molecule has 1 heterocycles. The van der Waals surface area contributed by atoms with Crippen molar-refractivity contribution in [3.05, 3.63) is 48.8 Å². The predicted octanol–water partition coefficient (Wildman–Crippen LogP) is 2.33. The number of rotatable bonds is 8. The quantitative estimate of drug-likeness (QED) is 0.740. The van der Waals surface area contributed by atoms with Crippen LogP contribution in [0.2, 0.25) is 0 Å². The van der Waals surface area contributed by atoms with Crippen LogP contribution in [0.3, 0.4) is 0 Å². The van der Waals surface area contributed by atoms with Crippen LogP contribution < -0.4 is 10.1 Å². The summed E-state index contributed by atoms with van der Waals surface area (Å²) in [4.78, 5) is 0. The molecule has 0 saturated heterocycles. The van der Waals surface area contributed by atoms with Gasteiger partial charge in [-0.3, -0.25) is 4.68 Å². The Morgan fingerprint density at radius 2 is 2.11 bits per heavy atom. The molecule has 102 valence electrons. The van der Waals surface area contributed by atoms with E-state index in [2.05, 4.69) is 17.3 Å². The van der Waals surface area contributed by atoms with Crippen molar-refractivity contribution in [2.75, 3.05) is 13.2 Å². The molecule has 4 heteroatoms. The van der Waals surface area contributed by atoms with Gasteiger partial charge in [0.25, 0.3) is 0 Å². The highest BCUT2D eigenvalue weighted by molar-refractivity contribution is 5.20. The van der Waals surface area contributed by atoms with Crippen LogP contribution in [0.25, 0.3) is 0 Å². The zero-order valence-corrected chi connectivity index (χ0v) is 11.3.